The molecule has 0 aliphatic carbocycles. The molecular formula is C13H26N2O. The van der Waals surface area contributed by atoms with E-state index in [0.29, 0.717) is 17.5 Å². The van der Waals surface area contributed by atoms with Crippen molar-refractivity contribution >= 4 is 0 Å². The fourth-order valence-electron chi connectivity index (χ4n) is 2.91. The molecular weight excluding hydrogens is 200 g/mol. The van der Waals surface area contributed by atoms with Crippen molar-refractivity contribution in [1.82, 2.24) is 4.90 Å². The normalized spacial score (nSPS) is 37.9. The lowest BCUT2D eigenvalue weighted by molar-refractivity contribution is 0.0113. The minimum absolute atomic E-state index is 0.312. The van der Waals surface area contributed by atoms with Crippen molar-refractivity contribution in [3.63, 3.8) is 0 Å². The van der Waals surface area contributed by atoms with E-state index in [1.54, 1.807) is 0 Å². The molecule has 2 heterocycles. The van der Waals surface area contributed by atoms with Crippen LogP contribution in [0.1, 0.15) is 33.6 Å². The summed E-state index contributed by atoms with van der Waals surface area (Å²) >= 11 is 0. The van der Waals surface area contributed by atoms with Gasteiger partial charge in [-0.15, -0.1) is 0 Å². The molecule has 0 radical (unpaired) electrons. The van der Waals surface area contributed by atoms with Gasteiger partial charge in [-0.1, -0.05) is 20.8 Å². The van der Waals surface area contributed by atoms with Crippen molar-refractivity contribution in [2.24, 2.45) is 17.1 Å². The van der Waals surface area contributed by atoms with Gasteiger partial charge in [0.15, 0.2) is 0 Å². The van der Waals surface area contributed by atoms with E-state index in [0.717, 1.165) is 25.6 Å². The molecule has 2 aliphatic heterocycles. The third-order valence-corrected chi connectivity index (χ3v) is 4.29. The number of ether oxygens (including phenoxy) is 1. The zero-order valence-corrected chi connectivity index (χ0v) is 10.9. The highest BCUT2D eigenvalue weighted by Gasteiger charge is 2.37. The molecule has 2 N–H and O–H groups in total. The summed E-state index contributed by atoms with van der Waals surface area (Å²) in [5.74, 6) is 0.807. The fourth-order valence-corrected chi connectivity index (χ4v) is 2.91. The van der Waals surface area contributed by atoms with Crippen LogP contribution in [-0.2, 0) is 4.74 Å². The first-order valence-electron chi connectivity index (χ1n) is 6.56. The van der Waals surface area contributed by atoms with Crippen LogP contribution in [0.25, 0.3) is 0 Å². The lowest BCUT2D eigenvalue weighted by Gasteiger charge is -2.36. The van der Waals surface area contributed by atoms with Crippen LogP contribution >= 0.6 is 0 Å². The van der Waals surface area contributed by atoms with E-state index in [4.69, 9.17) is 10.5 Å². The Morgan fingerprint density at radius 2 is 2.00 bits per heavy atom. The van der Waals surface area contributed by atoms with Gasteiger partial charge in [-0.2, -0.15) is 0 Å². The van der Waals surface area contributed by atoms with Gasteiger partial charge in [0.2, 0.25) is 0 Å². The average Bonchev–Trinajstić information content (AvgIpc) is 2.66. The van der Waals surface area contributed by atoms with Gasteiger partial charge in [0.25, 0.3) is 0 Å². The van der Waals surface area contributed by atoms with Crippen LogP contribution in [0.2, 0.25) is 0 Å². The van der Waals surface area contributed by atoms with Crippen LogP contribution < -0.4 is 5.73 Å². The molecule has 2 rings (SSSR count). The van der Waals surface area contributed by atoms with Crippen LogP contribution in [0.15, 0.2) is 0 Å². The van der Waals surface area contributed by atoms with Gasteiger partial charge < -0.3 is 10.5 Å². The highest BCUT2D eigenvalue weighted by molar-refractivity contribution is 4.92. The van der Waals surface area contributed by atoms with Gasteiger partial charge >= 0.3 is 0 Å². The quantitative estimate of drug-likeness (QED) is 0.736. The maximum absolute atomic E-state index is 6.19. The maximum atomic E-state index is 6.19. The number of hydrogen-bond acceptors (Lipinski definition) is 3. The molecule has 94 valence electrons. The van der Waals surface area contributed by atoms with Gasteiger partial charge in [0.1, 0.15) is 0 Å². The van der Waals surface area contributed by atoms with E-state index in [-0.39, 0.29) is 0 Å². The second-order valence-electron chi connectivity index (χ2n) is 6.44. The van der Waals surface area contributed by atoms with Crippen LogP contribution in [0.3, 0.4) is 0 Å². The average molecular weight is 226 g/mol. The van der Waals surface area contributed by atoms with Gasteiger partial charge in [-0.05, 0) is 30.7 Å². The zero-order valence-electron chi connectivity index (χ0n) is 10.9. The molecule has 0 saturated carbocycles. The molecule has 2 saturated heterocycles. The van der Waals surface area contributed by atoms with Crippen LogP contribution in [-0.4, -0.2) is 43.3 Å². The summed E-state index contributed by atoms with van der Waals surface area (Å²) in [6.07, 6.45) is 2.33. The third-order valence-electron chi connectivity index (χ3n) is 4.29. The van der Waals surface area contributed by atoms with E-state index in [1.165, 1.54) is 19.5 Å². The monoisotopic (exact) mass is 226 g/mol. The third kappa shape index (κ3) is 2.58. The summed E-state index contributed by atoms with van der Waals surface area (Å²) in [5, 5.41) is 0. The van der Waals surface area contributed by atoms with Gasteiger partial charge in [-0.3, -0.25) is 4.90 Å². The van der Waals surface area contributed by atoms with E-state index >= 15 is 0 Å². The fraction of sp³-hybridized carbons (Fsp3) is 1.00. The van der Waals surface area contributed by atoms with E-state index < -0.39 is 0 Å². The first-order valence-corrected chi connectivity index (χ1v) is 6.56. The van der Waals surface area contributed by atoms with Crippen molar-refractivity contribution in [2.75, 3.05) is 26.3 Å². The summed E-state index contributed by atoms with van der Waals surface area (Å²) in [6, 6.07) is 0.772. The molecule has 3 atom stereocenters. The van der Waals surface area contributed by atoms with Crippen molar-refractivity contribution in [2.45, 2.75) is 45.7 Å². The molecule has 0 aromatic heterocycles. The van der Waals surface area contributed by atoms with Crippen LogP contribution in [0, 0.1) is 11.3 Å². The summed E-state index contributed by atoms with van der Waals surface area (Å²) in [5.41, 5.74) is 6.62. The SMILES string of the molecule is CC(C)(C)C1CCN(C2COCCC2N)C1. The Morgan fingerprint density at radius 1 is 1.25 bits per heavy atom. The highest BCUT2D eigenvalue weighted by atomic mass is 16.5. The summed E-state index contributed by atoms with van der Waals surface area (Å²) in [6.45, 7) is 11.1. The Kier molecular flexibility index (Phi) is 3.57. The smallest absolute Gasteiger partial charge is 0.0636 e. The standard InChI is InChI=1S/C13H26N2O/c1-13(2,3)10-4-6-15(8-10)12-9-16-7-5-11(12)14/h10-12H,4-9,14H2,1-3H3. The Bertz CT molecular complexity index is 237. The zero-order chi connectivity index (χ0) is 11.8. The second-order valence-corrected chi connectivity index (χ2v) is 6.44. The summed E-state index contributed by atoms with van der Waals surface area (Å²) in [4.78, 5) is 2.56. The Balaban J connectivity index is 1.92. The molecule has 2 fully saturated rings. The number of likely N-dealkylation sites (tertiary alicyclic amines) is 1. The number of hydrogen-bond donors (Lipinski definition) is 1. The van der Waals surface area contributed by atoms with Crippen molar-refractivity contribution in [3.8, 4) is 0 Å². The van der Waals surface area contributed by atoms with Crippen LogP contribution in [0.4, 0.5) is 0 Å². The van der Waals surface area contributed by atoms with E-state index in [1.807, 2.05) is 0 Å². The largest absolute Gasteiger partial charge is 0.380 e. The molecule has 0 aromatic rings. The first kappa shape index (κ1) is 12.3. The van der Waals surface area contributed by atoms with Crippen molar-refractivity contribution in [1.29, 1.82) is 0 Å². The second kappa shape index (κ2) is 4.63. The maximum Gasteiger partial charge on any atom is 0.0636 e. The minimum Gasteiger partial charge on any atom is -0.380 e. The molecule has 0 amide bonds. The topological polar surface area (TPSA) is 38.5 Å². The lowest BCUT2D eigenvalue weighted by Crippen LogP contribution is -2.53. The van der Waals surface area contributed by atoms with Gasteiger partial charge in [-0.25, -0.2) is 0 Å². The van der Waals surface area contributed by atoms with Crippen molar-refractivity contribution in [3.05, 3.63) is 0 Å². The molecule has 2 aliphatic rings. The predicted molar refractivity (Wildman–Crippen MR) is 66.3 cm³/mol. The molecule has 0 aromatic carbocycles. The summed E-state index contributed by atoms with van der Waals surface area (Å²) < 4.78 is 5.56. The molecule has 3 nitrogen and oxygen atoms in total. The van der Waals surface area contributed by atoms with Crippen LogP contribution in [0.5, 0.6) is 0 Å². The highest BCUT2D eigenvalue weighted by Crippen LogP contribution is 2.35. The van der Waals surface area contributed by atoms with Crippen molar-refractivity contribution < 1.29 is 4.74 Å². The first-order chi connectivity index (χ1) is 7.48. The van der Waals surface area contributed by atoms with Gasteiger partial charge in [0.05, 0.1) is 6.61 Å². The van der Waals surface area contributed by atoms with Gasteiger partial charge in [0, 0.05) is 25.2 Å². The van der Waals surface area contributed by atoms with E-state index in [9.17, 15) is 0 Å². The number of nitrogens with two attached hydrogens (primary N) is 1. The molecule has 0 spiro atoms. The lowest BCUT2D eigenvalue weighted by atomic mass is 9.80. The molecule has 16 heavy (non-hydrogen) atoms. The van der Waals surface area contributed by atoms with E-state index in [2.05, 4.69) is 25.7 Å². The molecule has 0 bridgehead atoms. The minimum atomic E-state index is 0.312. The Hall–Kier alpha value is -0.120. The number of rotatable bonds is 1. The molecule has 3 heteroatoms. The number of nitrogens with zero attached hydrogens (tertiary/aromatic N) is 1. The predicted octanol–water partition coefficient (Wildman–Crippen LogP) is 1.47. The Morgan fingerprint density at radius 3 is 2.56 bits per heavy atom. The Labute approximate surface area is 99.3 Å². The molecule has 3 unspecified atom stereocenters. The summed E-state index contributed by atoms with van der Waals surface area (Å²) in [7, 11) is 0.